The molecule has 2 rings (SSSR count). The molecule has 0 aliphatic heterocycles. The monoisotopic (exact) mass is 440 g/mol. The minimum absolute atomic E-state index is 0.351. The van der Waals surface area contributed by atoms with E-state index in [4.69, 9.17) is 13.9 Å². The number of methoxy groups -OCH3 is 1. The quantitative estimate of drug-likeness (QED) is 0.339. The first kappa shape index (κ1) is 25.4. The summed E-state index contributed by atoms with van der Waals surface area (Å²) >= 11 is 0. The lowest BCUT2D eigenvalue weighted by Crippen LogP contribution is -2.46. The summed E-state index contributed by atoms with van der Waals surface area (Å²) in [5.74, 6) is 1.01. The molecule has 2 aliphatic rings. The van der Waals surface area contributed by atoms with Crippen LogP contribution in [0.3, 0.4) is 0 Å². The van der Waals surface area contributed by atoms with Crippen LogP contribution < -0.4 is 0 Å². The molecule has 0 bridgehead atoms. The number of hydrogen-bond acceptors (Lipinski definition) is 5. The Balaban J connectivity index is 1.99. The highest BCUT2D eigenvalue weighted by atomic mass is 28.4. The van der Waals surface area contributed by atoms with E-state index in [2.05, 4.69) is 33.5 Å². The van der Waals surface area contributed by atoms with Crippen molar-refractivity contribution < 1.29 is 23.5 Å². The van der Waals surface area contributed by atoms with E-state index in [1.807, 2.05) is 0 Å². The van der Waals surface area contributed by atoms with E-state index in [9.17, 15) is 9.59 Å². The molecule has 30 heavy (non-hydrogen) atoms. The minimum Gasteiger partial charge on any atom is -0.466 e. The maximum absolute atomic E-state index is 12.2. The summed E-state index contributed by atoms with van der Waals surface area (Å²) in [7, 11) is -0.200. The van der Waals surface area contributed by atoms with Crippen molar-refractivity contribution in [2.75, 3.05) is 7.11 Å². The molecule has 0 aromatic heterocycles. The first-order chi connectivity index (χ1) is 13.8. The number of carbonyl (C=O) groups is 2. The molecular formula is C24H44O5Si. The SMILES string of the molecule is COC(=O)[C@@](C)(CCC[C@@H](C)[C@H]1CCC2C(O[Si](C)(C)C)CCC[C@@]21C)OC(C)=O. The van der Waals surface area contributed by atoms with Crippen LogP contribution in [-0.2, 0) is 23.5 Å². The number of carbonyl (C=O) groups excluding carboxylic acids is 2. The number of esters is 2. The van der Waals surface area contributed by atoms with Crippen LogP contribution in [0.2, 0.25) is 19.6 Å². The molecule has 0 spiro atoms. The second-order valence-corrected chi connectivity index (χ2v) is 15.6. The lowest BCUT2D eigenvalue weighted by Gasteiger charge is -2.48. The molecule has 0 amide bonds. The van der Waals surface area contributed by atoms with Gasteiger partial charge >= 0.3 is 11.9 Å². The molecule has 6 atom stereocenters. The highest BCUT2D eigenvalue weighted by molar-refractivity contribution is 6.69. The zero-order valence-electron chi connectivity index (χ0n) is 20.5. The van der Waals surface area contributed by atoms with Crippen LogP contribution in [0.15, 0.2) is 0 Å². The summed E-state index contributed by atoms with van der Waals surface area (Å²) in [6, 6.07) is 0. The highest BCUT2D eigenvalue weighted by Crippen LogP contribution is 2.59. The molecule has 174 valence electrons. The molecule has 5 nitrogen and oxygen atoms in total. The third-order valence-electron chi connectivity index (χ3n) is 7.63. The van der Waals surface area contributed by atoms with Crippen molar-refractivity contribution in [1.82, 2.24) is 0 Å². The molecule has 0 saturated heterocycles. The zero-order chi connectivity index (χ0) is 22.7. The number of ether oxygens (including phenoxy) is 2. The molecule has 2 aliphatic carbocycles. The maximum Gasteiger partial charge on any atom is 0.350 e. The molecule has 0 heterocycles. The summed E-state index contributed by atoms with van der Waals surface area (Å²) in [5, 5.41) is 0. The highest BCUT2D eigenvalue weighted by Gasteiger charge is 2.53. The third kappa shape index (κ3) is 5.87. The van der Waals surface area contributed by atoms with Gasteiger partial charge in [-0.05, 0) is 88.3 Å². The van der Waals surface area contributed by atoms with Gasteiger partial charge in [-0.3, -0.25) is 4.79 Å². The topological polar surface area (TPSA) is 61.8 Å². The van der Waals surface area contributed by atoms with Crippen LogP contribution in [0.25, 0.3) is 0 Å². The maximum atomic E-state index is 12.2. The van der Waals surface area contributed by atoms with Gasteiger partial charge in [0.25, 0.3) is 0 Å². The zero-order valence-corrected chi connectivity index (χ0v) is 21.5. The Bertz CT molecular complexity index is 615. The molecule has 2 unspecified atom stereocenters. The van der Waals surface area contributed by atoms with E-state index >= 15 is 0 Å². The Morgan fingerprint density at radius 1 is 1.20 bits per heavy atom. The van der Waals surface area contributed by atoms with Crippen LogP contribution in [-0.4, -0.2) is 39.1 Å². The Morgan fingerprint density at radius 3 is 2.43 bits per heavy atom. The van der Waals surface area contributed by atoms with Gasteiger partial charge in [0.05, 0.1) is 7.11 Å². The van der Waals surface area contributed by atoms with Gasteiger partial charge in [0.2, 0.25) is 5.60 Å². The van der Waals surface area contributed by atoms with Gasteiger partial charge < -0.3 is 13.9 Å². The van der Waals surface area contributed by atoms with Crippen LogP contribution in [0.5, 0.6) is 0 Å². The van der Waals surface area contributed by atoms with Gasteiger partial charge in [0.1, 0.15) is 0 Å². The Hall–Kier alpha value is -0.883. The number of hydrogen-bond donors (Lipinski definition) is 0. The van der Waals surface area contributed by atoms with E-state index < -0.39 is 25.9 Å². The number of fused-ring (bicyclic) bond motifs is 1. The fourth-order valence-electron chi connectivity index (χ4n) is 6.38. The van der Waals surface area contributed by atoms with Crippen molar-refractivity contribution in [3.63, 3.8) is 0 Å². The van der Waals surface area contributed by atoms with Crippen molar-refractivity contribution in [1.29, 1.82) is 0 Å². The number of rotatable bonds is 9. The van der Waals surface area contributed by atoms with Crippen LogP contribution in [0, 0.1) is 23.2 Å². The predicted molar refractivity (Wildman–Crippen MR) is 122 cm³/mol. The van der Waals surface area contributed by atoms with Gasteiger partial charge in [-0.2, -0.15) is 0 Å². The normalized spacial score (nSPS) is 32.1. The average Bonchev–Trinajstić information content (AvgIpc) is 2.97. The second kappa shape index (κ2) is 9.72. The van der Waals surface area contributed by atoms with Gasteiger partial charge in [-0.1, -0.05) is 26.7 Å². The van der Waals surface area contributed by atoms with E-state index in [0.717, 1.165) is 12.8 Å². The molecule has 2 saturated carbocycles. The first-order valence-corrected chi connectivity index (χ1v) is 15.2. The fraction of sp³-hybridized carbons (Fsp3) is 0.917. The van der Waals surface area contributed by atoms with Gasteiger partial charge in [-0.15, -0.1) is 0 Å². The molecule has 6 heteroatoms. The van der Waals surface area contributed by atoms with E-state index in [1.165, 1.54) is 46.1 Å². The van der Waals surface area contributed by atoms with Crippen molar-refractivity contribution in [3.05, 3.63) is 0 Å². The Morgan fingerprint density at radius 2 is 1.87 bits per heavy atom. The predicted octanol–water partition coefficient (Wildman–Crippen LogP) is 5.72. The van der Waals surface area contributed by atoms with Crippen molar-refractivity contribution in [2.45, 2.75) is 110 Å². The average molecular weight is 441 g/mol. The van der Waals surface area contributed by atoms with E-state index in [-0.39, 0.29) is 0 Å². The van der Waals surface area contributed by atoms with E-state index in [0.29, 0.717) is 35.7 Å². The summed E-state index contributed by atoms with van der Waals surface area (Å²) in [6.45, 7) is 14.8. The fourth-order valence-corrected chi connectivity index (χ4v) is 7.57. The first-order valence-electron chi connectivity index (χ1n) is 11.8. The van der Waals surface area contributed by atoms with Crippen LogP contribution in [0.4, 0.5) is 0 Å². The van der Waals surface area contributed by atoms with Gasteiger partial charge in [0.15, 0.2) is 8.32 Å². The van der Waals surface area contributed by atoms with E-state index in [1.54, 1.807) is 6.92 Å². The van der Waals surface area contributed by atoms with Gasteiger partial charge in [-0.25, -0.2) is 4.79 Å². The molecule has 0 N–H and O–H groups in total. The second-order valence-electron chi connectivity index (χ2n) is 11.1. The molecule has 2 fully saturated rings. The lowest BCUT2D eigenvalue weighted by molar-refractivity contribution is -0.178. The summed E-state index contributed by atoms with van der Waals surface area (Å²) in [5.41, 5.74) is -0.840. The minimum atomic E-state index is -1.54. The Labute approximate surface area is 184 Å². The smallest absolute Gasteiger partial charge is 0.350 e. The van der Waals surface area contributed by atoms with Crippen molar-refractivity contribution >= 4 is 20.3 Å². The third-order valence-corrected chi connectivity index (χ3v) is 8.64. The standard InChI is InChI=1S/C24H44O5Si/c1-17(11-9-16-24(4,22(26)27-5)28-18(2)25)19-13-14-20-21(29-30(6,7)8)12-10-15-23(19,20)3/h17,19-21H,9-16H2,1-8H3/t17-,19-,20?,21?,23-,24-/m1/s1. The van der Waals surface area contributed by atoms with Crippen molar-refractivity contribution in [2.24, 2.45) is 23.2 Å². The summed E-state index contributed by atoms with van der Waals surface area (Å²) in [6.07, 6.45) is 9.11. The molecular weight excluding hydrogens is 396 g/mol. The van der Waals surface area contributed by atoms with Crippen LogP contribution in [0.1, 0.15) is 79.1 Å². The molecule has 0 aromatic rings. The molecule has 0 aromatic carbocycles. The molecule has 0 radical (unpaired) electrons. The van der Waals surface area contributed by atoms with Crippen LogP contribution >= 0.6 is 0 Å². The largest absolute Gasteiger partial charge is 0.466 e. The van der Waals surface area contributed by atoms with Crippen molar-refractivity contribution in [3.8, 4) is 0 Å². The summed E-state index contributed by atoms with van der Waals surface area (Å²) < 4.78 is 16.8. The summed E-state index contributed by atoms with van der Waals surface area (Å²) in [4.78, 5) is 23.7. The lowest BCUT2D eigenvalue weighted by atomic mass is 9.61. The van der Waals surface area contributed by atoms with Gasteiger partial charge in [0, 0.05) is 13.0 Å². The Kier molecular flexibility index (Phi) is 8.22.